The minimum absolute atomic E-state index is 0.0180. The molecule has 5 heteroatoms. The molecular formula is C22H19NO3S. The van der Waals surface area contributed by atoms with Crippen molar-refractivity contribution in [2.75, 3.05) is 0 Å². The molecule has 3 aliphatic carbocycles. The van der Waals surface area contributed by atoms with Crippen molar-refractivity contribution < 1.29 is 13.2 Å². The molecular weight excluding hydrogens is 358 g/mol. The summed E-state index contributed by atoms with van der Waals surface area (Å²) in [6.07, 6.45) is 3.38. The number of hydrogen-bond donors (Lipinski definition) is 0. The molecule has 0 amide bonds. The summed E-state index contributed by atoms with van der Waals surface area (Å²) in [5, 5.41) is 0.931. The molecule has 27 heavy (non-hydrogen) atoms. The molecule has 136 valence electrons. The first-order valence-corrected chi connectivity index (χ1v) is 11.0. The summed E-state index contributed by atoms with van der Waals surface area (Å²) in [6, 6.07) is 16.0. The molecule has 0 radical (unpaired) electrons. The molecule has 4 atom stereocenters. The Labute approximate surface area is 157 Å². The SMILES string of the molecule is O=C1c2c(c3ccccc3n2S(=O)(=O)c2ccccc2)C2C3CCC(C3)C12. The number of aromatic nitrogens is 1. The van der Waals surface area contributed by atoms with E-state index in [4.69, 9.17) is 0 Å². The fraction of sp³-hybridized carbons (Fsp3) is 0.318. The third-order valence-corrected chi connectivity index (χ3v) is 8.67. The molecule has 6 rings (SSSR count). The summed E-state index contributed by atoms with van der Waals surface area (Å²) in [4.78, 5) is 13.7. The predicted octanol–water partition coefficient (Wildman–Crippen LogP) is 4.20. The van der Waals surface area contributed by atoms with Gasteiger partial charge in [-0.25, -0.2) is 12.4 Å². The van der Waals surface area contributed by atoms with E-state index < -0.39 is 10.0 Å². The number of fused-ring (bicyclic) bond motifs is 9. The second-order valence-electron chi connectivity index (χ2n) is 8.11. The number of carbonyl (C=O) groups excluding carboxylic acids is 1. The number of ketones is 1. The van der Waals surface area contributed by atoms with Crippen LogP contribution in [0.5, 0.6) is 0 Å². The Morgan fingerprint density at radius 2 is 1.52 bits per heavy atom. The molecule has 0 spiro atoms. The van der Waals surface area contributed by atoms with Gasteiger partial charge in [-0.05, 0) is 60.8 Å². The van der Waals surface area contributed by atoms with Crippen LogP contribution in [0.4, 0.5) is 0 Å². The molecule has 0 aliphatic heterocycles. The van der Waals surface area contributed by atoms with Crippen LogP contribution in [0.15, 0.2) is 59.5 Å². The zero-order valence-electron chi connectivity index (χ0n) is 14.7. The molecule has 1 heterocycles. The van der Waals surface area contributed by atoms with Crippen molar-refractivity contribution >= 4 is 26.7 Å². The highest BCUT2D eigenvalue weighted by molar-refractivity contribution is 7.90. The van der Waals surface area contributed by atoms with Gasteiger partial charge in [0.25, 0.3) is 10.0 Å². The van der Waals surface area contributed by atoms with E-state index in [1.807, 2.05) is 24.3 Å². The first-order chi connectivity index (χ1) is 13.1. The number of nitrogens with zero attached hydrogens (tertiary/aromatic N) is 1. The predicted molar refractivity (Wildman–Crippen MR) is 102 cm³/mol. The van der Waals surface area contributed by atoms with Crippen LogP contribution in [0, 0.1) is 17.8 Å². The molecule has 2 saturated carbocycles. The quantitative estimate of drug-likeness (QED) is 0.672. The van der Waals surface area contributed by atoms with Crippen LogP contribution in [0.1, 0.15) is 41.2 Å². The van der Waals surface area contributed by atoms with Gasteiger partial charge in [-0.15, -0.1) is 0 Å². The summed E-state index contributed by atoms with van der Waals surface area (Å²) in [7, 11) is -3.83. The molecule has 3 aliphatic rings. The van der Waals surface area contributed by atoms with Gasteiger partial charge < -0.3 is 0 Å². The average Bonchev–Trinajstić information content (AvgIpc) is 3.42. The lowest BCUT2D eigenvalue weighted by atomic mass is 9.79. The van der Waals surface area contributed by atoms with Crippen molar-refractivity contribution in [2.45, 2.75) is 30.1 Å². The minimum atomic E-state index is -3.83. The summed E-state index contributed by atoms with van der Waals surface area (Å²) < 4.78 is 28.4. The van der Waals surface area contributed by atoms with Crippen LogP contribution < -0.4 is 0 Å². The van der Waals surface area contributed by atoms with Gasteiger partial charge in [-0.3, -0.25) is 4.79 Å². The van der Waals surface area contributed by atoms with Crippen molar-refractivity contribution in [3.63, 3.8) is 0 Å². The lowest BCUT2D eigenvalue weighted by Gasteiger charge is -2.24. The smallest absolute Gasteiger partial charge is 0.268 e. The highest BCUT2D eigenvalue weighted by Crippen LogP contribution is 2.63. The first-order valence-electron chi connectivity index (χ1n) is 9.57. The van der Waals surface area contributed by atoms with Crippen LogP contribution in [-0.4, -0.2) is 18.2 Å². The van der Waals surface area contributed by atoms with Gasteiger partial charge in [-0.1, -0.05) is 36.4 Å². The van der Waals surface area contributed by atoms with Crippen molar-refractivity contribution in [1.82, 2.24) is 3.97 Å². The standard InChI is InChI=1S/C22H19NO3S/c24-22-19-14-11-10-13(12-14)18(19)20-16-8-4-5-9-17(16)23(21(20)22)27(25,26)15-6-2-1-3-7-15/h1-9,13-14,18-19H,10-12H2. The minimum Gasteiger partial charge on any atom is -0.292 e. The summed E-state index contributed by atoms with van der Waals surface area (Å²) in [5.41, 5.74) is 2.04. The molecule has 4 nitrogen and oxygen atoms in total. The lowest BCUT2D eigenvalue weighted by molar-refractivity contribution is 0.0878. The molecule has 2 aromatic carbocycles. The number of benzene rings is 2. The summed E-state index contributed by atoms with van der Waals surface area (Å²) in [6.45, 7) is 0. The van der Waals surface area contributed by atoms with Gasteiger partial charge in [0.1, 0.15) is 5.69 Å². The molecule has 0 saturated heterocycles. The number of para-hydroxylation sites is 1. The zero-order chi connectivity index (χ0) is 18.3. The topological polar surface area (TPSA) is 56.1 Å². The van der Waals surface area contributed by atoms with Gasteiger partial charge in [0.05, 0.1) is 10.4 Å². The maximum Gasteiger partial charge on any atom is 0.268 e. The van der Waals surface area contributed by atoms with Gasteiger partial charge in [-0.2, -0.15) is 0 Å². The zero-order valence-corrected chi connectivity index (χ0v) is 15.5. The number of rotatable bonds is 2. The number of Topliss-reactive ketones (excluding diaryl/α,β-unsaturated/α-hetero) is 1. The molecule has 3 aromatic rings. The third-order valence-electron chi connectivity index (χ3n) is 6.94. The second-order valence-corrected chi connectivity index (χ2v) is 9.90. The maximum absolute atomic E-state index is 13.5. The normalized spacial score (nSPS) is 28.7. The molecule has 0 N–H and O–H groups in total. The van der Waals surface area contributed by atoms with Gasteiger partial charge in [0, 0.05) is 11.3 Å². The second kappa shape index (κ2) is 5.10. The van der Waals surface area contributed by atoms with E-state index in [2.05, 4.69) is 0 Å². The Morgan fingerprint density at radius 1 is 0.852 bits per heavy atom. The van der Waals surface area contributed by atoms with Crippen LogP contribution in [0.2, 0.25) is 0 Å². The Morgan fingerprint density at radius 3 is 2.30 bits per heavy atom. The number of hydrogen-bond acceptors (Lipinski definition) is 3. The van der Waals surface area contributed by atoms with E-state index in [0.29, 0.717) is 23.0 Å². The van der Waals surface area contributed by atoms with E-state index >= 15 is 0 Å². The average molecular weight is 377 g/mol. The van der Waals surface area contributed by atoms with Crippen molar-refractivity contribution in [1.29, 1.82) is 0 Å². The van der Waals surface area contributed by atoms with Crippen molar-refractivity contribution in [2.24, 2.45) is 17.8 Å². The van der Waals surface area contributed by atoms with E-state index in [1.165, 1.54) is 3.97 Å². The molecule has 4 unspecified atom stereocenters. The van der Waals surface area contributed by atoms with Crippen molar-refractivity contribution in [3.05, 3.63) is 65.9 Å². The largest absolute Gasteiger partial charge is 0.292 e. The van der Waals surface area contributed by atoms with Crippen LogP contribution in [-0.2, 0) is 10.0 Å². The van der Waals surface area contributed by atoms with E-state index in [0.717, 1.165) is 30.2 Å². The lowest BCUT2D eigenvalue weighted by Crippen LogP contribution is -2.24. The third kappa shape index (κ3) is 1.83. The summed E-state index contributed by atoms with van der Waals surface area (Å²) >= 11 is 0. The van der Waals surface area contributed by atoms with E-state index in [1.54, 1.807) is 30.3 Å². The Balaban J connectivity index is 1.70. The highest BCUT2D eigenvalue weighted by Gasteiger charge is 2.58. The van der Waals surface area contributed by atoms with Crippen LogP contribution in [0.25, 0.3) is 10.9 Å². The Hall–Kier alpha value is -2.40. The molecule has 2 bridgehead atoms. The van der Waals surface area contributed by atoms with Crippen LogP contribution >= 0.6 is 0 Å². The van der Waals surface area contributed by atoms with Crippen LogP contribution in [0.3, 0.4) is 0 Å². The summed E-state index contributed by atoms with van der Waals surface area (Å²) in [5.74, 6) is 1.16. The van der Waals surface area contributed by atoms with Crippen molar-refractivity contribution in [3.8, 4) is 0 Å². The Bertz CT molecular complexity index is 1210. The van der Waals surface area contributed by atoms with Gasteiger partial charge >= 0.3 is 0 Å². The van der Waals surface area contributed by atoms with E-state index in [9.17, 15) is 13.2 Å². The van der Waals surface area contributed by atoms with E-state index in [-0.39, 0.29) is 22.5 Å². The monoisotopic (exact) mass is 377 g/mol. The Kier molecular flexibility index (Phi) is 2.96. The number of carbonyl (C=O) groups is 1. The fourth-order valence-electron chi connectivity index (χ4n) is 6.00. The fourth-order valence-corrected chi connectivity index (χ4v) is 7.55. The molecule has 1 aromatic heterocycles. The molecule has 2 fully saturated rings. The first kappa shape index (κ1) is 15.6. The van der Waals surface area contributed by atoms with Gasteiger partial charge in [0.2, 0.25) is 0 Å². The highest BCUT2D eigenvalue weighted by atomic mass is 32.2. The van der Waals surface area contributed by atoms with Gasteiger partial charge in [0.15, 0.2) is 5.78 Å². The maximum atomic E-state index is 13.5.